The molecule has 46 valence electrons. The minimum Gasteiger partial charge on any atom is -0.469 e. The normalized spacial score (nSPS) is 8.25. The number of hydrogen-bond donors (Lipinski definition) is 0. The van der Waals surface area contributed by atoms with Crippen molar-refractivity contribution in [3.63, 3.8) is 0 Å². The van der Waals surface area contributed by atoms with E-state index in [-0.39, 0.29) is 11.0 Å². The Kier molecular flexibility index (Phi) is 2.55. The lowest BCUT2D eigenvalue weighted by atomic mass is 10.3. The highest BCUT2D eigenvalue weighted by molar-refractivity contribution is 5.75. The third-order valence-electron chi connectivity index (χ3n) is 1.12. The maximum absolute atomic E-state index is 4.96. The average Bonchev–Trinajstić information content (AvgIpc) is 1.91. The molecule has 0 aromatic carbocycles. The summed E-state index contributed by atoms with van der Waals surface area (Å²) in [4.78, 5) is 0. The van der Waals surface area contributed by atoms with E-state index in [9.17, 15) is 0 Å². The minimum atomic E-state index is 0. The number of rotatable bonds is 0. The van der Waals surface area contributed by atoms with E-state index in [2.05, 4.69) is 0 Å². The predicted molar refractivity (Wildman–Crippen MR) is 39.5 cm³/mol. The zero-order valence-electron chi connectivity index (χ0n) is 4.56. The van der Waals surface area contributed by atoms with E-state index in [0.29, 0.717) is 0 Å². The first-order valence-corrected chi connectivity index (χ1v) is 2.31. The molecule has 0 aliphatic carbocycles. The van der Waals surface area contributed by atoms with Crippen LogP contribution in [0.4, 0.5) is 0 Å². The Labute approximate surface area is 53.7 Å². The summed E-state index contributed by atoms with van der Waals surface area (Å²) in [6.07, 6.45) is 1.70. The minimum absolute atomic E-state index is 0. The van der Waals surface area contributed by atoms with Crippen LogP contribution in [0.15, 0.2) is 16.7 Å². The molecule has 0 amide bonds. The van der Waals surface area contributed by atoms with Crippen LogP contribution in [0.1, 0.15) is 11.3 Å². The Morgan fingerprint density at radius 1 is 1.38 bits per heavy atom. The standard InChI is InChI=1S/C6H8O.H4Si/c1-5-3-4-7-6(5)2;/h3-4H,1-2H3;1H4. The van der Waals surface area contributed by atoms with E-state index in [1.807, 2.05) is 19.9 Å². The Balaban J connectivity index is 0.000000490. The van der Waals surface area contributed by atoms with Crippen LogP contribution in [0.2, 0.25) is 0 Å². The molecule has 0 N–H and O–H groups in total. The number of hydrogen-bond acceptors (Lipinski definition) is 1. The molecule has 0 spiro atoms. The lowest BCUT2D eigenvalue weighted by Crippen LogP contribution is -1.63. The molecule has 1 nitrogen and oxygen atoms in total. The second-order valence-corrected chi connectivity index (χ2v) is 1.66. The first-order chi connectivity index (χ1) is 3.30. The van der Waals surface area contributed by atoms with Crippen LogP contribution in [0, 0.1) is 13.8 Å². The molecule has 0 fully saturated rings. The van der Waals surface area contributed by atoms with E-state index in [1.54, 1.807) is 6.26 Å². The summed E-state index contributed by atoms with van der Waals surface area (Å²) in [5.74, 6) is 1.01. The van der Waals surface area contributed by atoms with Crippen LogP contribution in [-0.4, -0.2) is 11.0 Å². The summed E-state index contributed by atoms with van der Waals surface area (Å²) >= 11 is 0. The van der Waals surface area contributed by atoms with Crippen LogP contribution in [0.5, 0.6) is 0 Å². The lowest BCUT2D eigenvalue weighted by Gasteiger charge is -1.79. The maximum Gasteiger partial charge on any atom is 0.103 e. The van der Waals surface area contributed by atoms with Crippen molar-refractivity contribution in [2.75, 3.05) is 0 Å². The molecule has 1 rings (SSSR count). The second kappa shape index (κ2) is 2.72. The molecule has 0 radical (unpaired) electrons. The van der Waals surface area contributed by atoms with Crippen LogP contribution in [-0.2, 0) is 0 Å². The molecule has 0 atom stereocenters. The Bertz CT molecular complexity index is 141. The van der Waals surface area contributed by atoms with E-state index in [4.69, 9.17) is 4.42 Å². The first kappa shape index (κ1) is 7.50. The van der Waals surface area contributed by atoms with Crippen molar-refractivity contribution < 1.29 is 4.42 Å². The van der Waals surface area contributed by atoms with E-state index >= 15 is 0 Å². The van der Waals surface area contributed by atoms with Gasteiger partial charge in [0.15, 0.2) is 0 Å². The van der Waals surface area contributed by atoms with Gasteiger partial charge in [0.25, 0.3) is 0 Å². The molecule has 0 saturated carbocycles. The van der Waals surface area contributed by atoms with Crippen molar-refractivity contribution in [1.82, 2.24) is 0 Å². The fraction of sp³-hybridized carbons (Fsp3) is 0.333. The maximum atomic E-state index is 4.96. The third kappa shape index (κ3) is 1.23. The van der Waals surface area contributed by atoms with Gasteiger partial charge in [-0.1, -0.05) is 0 Å². The first-order valence-electron chi connectivity index (χ1n) is 2.31. The highest BCUT2D eigenvalue weighted by Crippen LogP contribution is 2.04. The van der Waals surface area contributed by atoms with Gasteiger partial charge in [-0.25, -0.2) is 0 Å². The molecule has 1 aromatic heterocycles. The summed E-state index contributed by atoms with van der Waals surface area (Å²) in [5.41, 5.74) is 1.22. The second-order valence-electron chi connectivity index (χ2n) is 1.66. The summed E-state index contributed by atoms with van der Waals surface area (Å²) in [7, 11) is 0. The quantitative estimate of drug-likeness (QED) is 0.462. The molecular formula is C6H12OSi. The van der Waals surface area contributed by atoms with E-state index < -0.39 is 0 Å². The molecule has 0 aliphatic heterocycles. The van der Waals surface area contributed by atoms with Crippen molar-refractivity contribution in [3.8, 4) is 0 Å². The molecule has 0 unspecified atom stereocenters. The summed E-state index contributed by atoms with van der Waals surface area (Å²) in [6.45, 7) is 3.98. The summed E-state index contributed by atoms with van der Waals surface area (Å²) < 4.78 is 4.96. The fourth-order valence-electron chi connectivity index (χ4n) is 0.448. The van der Waals surface area contributed by atoms with Crippen LogP contribution < -0.4 is 0 Å². The zero-order valence-corrected chi connectivity index (χ0v) is 4.56. The molecular weight excluding hydrogens is 116 g/mol. The van der Waals surface area contributed by atoms with E-state index in [1.165, 1.54) is 5.56 Å². The fourth-order valence-corrected chi connectivity index (χ4v) is 0.448. The highest BCUT2D eigenvalue weighted by atomic mass is 28.1. The molecule has 1 aromatic rings. The largest absolute Gasteiger partial charge is 0.469 e. The van der Waals surface area contributed by atoms with Gasteiger partial charge in [0.1, 0.15) is 5.76 Å². The average molecular weight is 128 g/mol. The van der Waals surface area contributed by atoms with Gasteiger partial charge in [-0.05, 0) is 36.4 Å². The molecule has 0 bridgehead atoms. The molecule has 2 heteroatoms. The van der Waals surface area contributed by atoms with Crippen LogP contribution in [0.3, 0.4) is 0 Å². The van der Waals surface area contributed by atoms with Crippen molar-refractivity contribution in [3.05, 3.63) is 23.7 Å². The lowest BCUT2D eigenvalue weighted by molar-refractivity contribution is 0.532. The topological polar surface area (TPSA) is 13.1 Å². The number of aryl methyl sites for hydroxylation is 2. The van der Waals surface area contributed by atoms with E-state index in [0.717, 1.165) is 5.76 Å². The van der Waals surface area contributed by atoms with Crippen molar-refractivity contribution in [2.45, 2.75) is 13.8 Å². The highest BCUT2D eigenvalue weighted by Gasteiger charge is 1.88. The molecule has 0 aliphatic rings. The Morgan fingerprint density at radius 2 is 2.00 bits per heavy atom. The monoisotopic (exact) mass is 128 g/mol. The zero-order chi connectivity index (χ0) is 5.28. The molecule has 8 heavy (non-hydrogen) atoms. The number of furan rings is 1. The Morgan fingerprint density at radius 3 is 2.12 bits per heavy atom. The molecule has 1 heterocycles. The molecule has 0 saturated heterocycles. The van der Waals surface area contributed by atoms with Gasteiger partial charge in [0, 0.05) is 0 Å². The summed E-state index contributed by atoms with van der Waals surface area (Å²) in [6, 6.07) is 1.95. The van der Waals surface area contributed by atoms with Gasteiger partial charge in [-0.15, -0.1) is 0 Å². The van der Waals surface area contributed by atoms with Crippen LogP contribution in [0.25, 0.3) is 0 Å². The third-order valence-corrected chi connectivity index (χ3v) is 1.12. The summed E-state index contributed by atoms with van der Waals surface area (Å²) in [5, 5.41) is 0. The van der Waals surface area contributed by atoms with Crippen molar-refractivity contribution in [2.24, 2.45) is 0 Å². The van der Waals surface area contributed by atoms with Gasteiger partial charge in [0.05, 0.1) is 6.26 Å². The van der Waals surface area contributed by atoms with Gasteiger partial charge in [0.2, 0.25) is 0 Å². The van der Waals surface area contributed by atoms with Gasteiger partial charge in [-0.3, -0.25) is 0 Å². The van der Waals surface area contributed by atoms with Gasteiger partial charge >= 0.3 is 0 Å². The van der Waals surface area contributed by atoms with Gasteiger partial charge in [-0.2, -0.15) is 0 Å². The van der Waals surface area contributed by atoms with Crippen LogP contribution >= 0.6 is 0 Å². The van der Waals surface area contributed by atoms with Crippen molar-refractivity contribution >= 4 is 11.0 Å². The Hall–Kier alpha value is -0.503. The van der Waals surface area contributed by atoms with Crippen molar-refractivity contribution in [1.29, 1.82) is 0 Å². The predicted octanol–water partition coefficient (Wildman–Crippen LogP) is 0.445. The SMILES string of the molecule is Cc1ccoc1C.[SiH4]. The smallest absolute Gasteiger partial charge is 0.103 e. The van der Waals surface area contributed by atoms with Gasteiger partial charge < -0.3 is 4.42 Å².